The molecule has 14 heavy (non-hydrogen) atoms. The molecule has 0 aromatic heterocycles. The first kappa shape index (κ1) is 11.9. The number of hydrogen-bond acceptors (Lipinski definition) is 4. The van der Waals surface area contributed by atoms with Crippen LogP contribution < -0.4 is 5.32 Å². The molecule has 2 N–H and O–H groups in total. The van der Waals surface area contributed by atoms with Gasteiger partial charge in [-0.05, 0) is 19.4 Å². The van der Waals surface area contributed by atoms with Crippen molar-refractivity contribution >= 4 is 0 Å². The van der Waals surface area contributed by atoms with Gasteiger partial charge in [0.2, 0.25) is 0 Å². The summed E-state index contributed by atoms with van der Waals surface area (Å²) in [6.45, 7) is 5.51. The molecule has 1 saturated heterocycles. The fraction of sp³-hybridized carbons (Fsp3) is 1.00. The van der Waals surface area contributed by atoms with E-state index in [4.69, 9.17) is 9.47 Å². The van der Waals surface area contributed by atoms with Gasteiger partial charge in [-0.3, -0.25) is 0 Å². The number of nitrogens with one attached hydrogen (secondary N) is 1. The van der Waals surface area contributed by atoms with Crippen molar-refractivity contribution in [2.45, 2.75) is 32.0 Å². The minimum Gasteiger partial charge on any atom is -0.389 e. The van der Waals surface area contributed by atoms with Crippen LogP contribution in [-0.2, 0) is 9.47 Å². The second kappa shape index (κ2) is 7.17. The normalized spacial score (nSPS) is 21.0. The maximum Gasteiger partial charge on any atom is 0.0897 e. The van der Waals surface area contributed by atoms with Gasteiger partial charge in [0.1, 0.15) is 0 Å². The van der Waals surface area contributed by atoms with Crippen LogP contribution >= 0.6 is 0 Å². The van der Waals surface area contributed by atoms with E-state index in [1.165, 1.54) is 0 Å². The lowest BCUT2D eigenvalue weighted by molar-refractivity contribution is -0.0584. The number of aliphatic hydroxyl groups is 1. The molecule has 0 aromatic rings. The first-order chi connectivity index (χ1) is 6.83. The van der Waals surface area contributed by atoms with Gasteiger partial charge in [0, 0.05) is 19.8 Å². The molecule has 0 aliphatic carbocycles. The minimum atomic E-state index is -0.391. The Bertz CT molecular complexity index is 137. The minimum absolute atomic E-state index is 0.278. The number of likely N-dealkylation sites (N-methyl/N-ethyl adjacent to an activating group) is 1. The number of hydrogen-bond donors (Lipinski definition) is 2. The average Bonchev–Trinajstić information content (AvgIpc) is 2.25. The van der Waals surface area contributed by atoms with Crippen molar-refractivity contribution in [3.05, 3.63) is 0 Å². The summed E-state index contributed by atoms with van der Waals surface area (Å²) in [5, 5.41) is 12.6. The molecule has 0 saturated carbocycles. The Morgan fingerprint density at radius 3 is 2.86 bits per heavy atom. The Morgan fingerprint density at radius 1 is 1.50 bits per heavy atom. The molecule has 0 amide bonds. The summed E-state index contributed by atoms with van der Waals surface area (Å²) < 4.78 is 10.8. The lowest BCUT2D eigenvalue weighted by Crippen LogP contribution is -2.33. The third kappa shape index (κ3) is 4.91. The molecule has 1 fully saturated rings. The van der Waals surface area contributed by atoms with Crippen molar-refractivity contribution in [2.24, 2.45) is 0 Å². The van der Waals surface area contributed by atoms with Crippen molar-refractivity contribution in [3.8, 4) is 0 Å². The van der Waals surface area contributed by atoms with E-state index in [0.717, 1.165) is 32.6 Å². The summed E-state index contributed by atoms with van der Waals surface area (Å²) in [5.74, 6) is 0. The van der Waals surface area contributed by atoms with E-state index in [0.29, 0.717) is 13.2 Å². The van der Waals surface area contributed by atoms with Gasteiger partial charge in [0.05, 0.1) is 18.8 Å². The van der Waals surface area contributed by atoms with Crippen molar-refractivity contribution in [2.75, 3.05) is 32.9 Å². The highest BCUT2D eigenvalue weighted by Crippen LogP contribution is 2.10. The van der Waals surface area contributed by atoms with Gasteiger partial charge in [0.25, 0.3) is 0 Å². The predicted molar refractivity (Wildman–Crippen MR) is 54.3 cm³/mol. The Morgan fingerprint density at radius 2 is 2.21 bits per heavy atom. The zero-order valence-corrected chi connectivity index (χ0v) is 8.87. The first-order valence-electron chi connectivity index (χ1n) is 5.41. The van der Waals surface area contributed by atoms with Crippen LogP contribution in [0.25, 0.3) is 0 Å². The van der Waals surface area contributed by atoms with Gasteiger partial charge < -0.3 is 19.9 Å². The molecule has 1 rings (SSSR count). The first-order valence-corrected chi connectivity index (χ1v) is 5.41. The van der Waals surface area contributed by atoms with E-state index < -0.39 is 6.10 Å². The van der Waals surface area contributed by atoms with E-state index in [1.54, 1.807) is 0 Å². The molecule has 1 aliphatic heterocycles. The molecule has 0 radical (unpaired) electrons. The molecular weight excluding hydrogens is 182 g/mol. The summed E-state index contributed by atoms with van der Waals surface area (Å²) >= 11 is 0. The van der Waals surface area contributed by atoms with E-state index in [-0.39, 0.29) is 6.10 Å². The number of ether oxygens (including phenoxy) is 2. The van der Waals surface area contributed by atoms with Crippen LogP contribution in [0.1, 0.15) is 19.8 Å². The van der Waals surface area contributed by atoms with Crippen LogP contribution in [0, 0.1) is 0 Å². The summed E-state index contributed by atoms with van der Waals surface area (Å²) in [5.41, 5.74) is 0. The van der Waals surface area contributed by atoms with Crippen molar-refractivity contribution in [1.29, 1.82) is 0 Å². The highest BCUT2D eigenvalue weighted by atomic mass is 16.5. The van der Waals surface area contributed by atoms with Crippen LogP contribution in [0.3, 0.4) is 0 Å². The lowest BCUT2D eigenvalue weighted by Gasteiger charge is -2.23. The molecule has 84 valence electrons. The summed E-state index contributed by atoms with van der Waals surface area (Å²) in [6, 6.07) is 0. The lowest BCUT2D eigenvalue weighted by atomic mass is 10.1. The Kier molecular flexibility index (Phi) is 6.10. The largest absolute Gasteiger partial charge is 0.389 e. The van der Waals surface area contributed by atoms with Crippen LogP contribution in [-0.4, -0.2) is 50.2 Å². The number of rotatable bonds is 6. The second-order valence-corrected chi connectivity index (χ2v) is 3.61. The molecule has 1 heterocycles. The molecule has 1 atom stereocenters. The SMILES string of the molecule is CCNCC(O)COC1CCOCC1. The van der Waals surface area contributed by atoms with Crippen molar-refractivity contribution in [1.82, 2.24) is 5.32 Å². The maximum atomic E-state index is 9.49. The molecule has 0 bridgehead atoms. The predicted octanol–water partition coefficient (Wildman–Crippen LogP) is 0.152. The third-order valence-electron chi connectivity index (χ3n) is 2.32. The number of aliphatic hydroxyl groups excluding tert-OH is 1. The highest BCUT2D eigenvalue weighted by Gasteiger charge is 2.15. The molecule has 4 nitrogen and oxygen atoms in total. The molecule has 0 aromatic carbocycles. The van der Waals surface area contributed by atoms with Gasteiger partial charge in [-0.1, -0.05) is 6.92 Å². The topological polar surface area (TPSA) is 50.7 Å². The standard InChI is InChI=1S/C10H21NO3/c1-2-11-7-9(12)8-14-10-3-5-13-6-4-10/h9-12H,2-8H2,1H3. The zero-order valence-electron chi connectivity index (χ0n) is 8.87. The van der Waals surface area contributed by atoms with Crippen LogP contribution in [0.4, 0.5) is 0 Å². The monoisotopic (exact) mass is 203 g/mol. The van der Waals surface area contributed by atoms with Crippen LogP contribution in [0.2, 0.25) is 0 Å². The molecule has 4 heteroatoms. The third-order valence-corrected chi connectivity index (χ3v) is 2.32. The van der Waals surface area contributed by atoms with Crippen LogP contribution in [0.5, 0.6) is 0 Å². The van der Waals surface area contributed by atoms with Gasteiger partial charge in [-0.2, -0.15) is 0 Å². The van der Waals surface area contributed by atoms with Crippen molar-refractivity contribution < 1.29 is 14.6 Å². The fourth-order valence-corrected chi connectivity index (χ4v) is 1.46. The Balaban J connectivity index is 2.00. The molecular formula is C10H21NO3. The molecule has 1 aliphatic rings. The average molecular weight is 203 g/mol. The summed E-state index contributed by atoms with van der Waals surface area (Å²) in [4.78, 5) is 0. The Hall–Kier alpha value is -0.160. The maximum absolute atomic E-state index is 9.49. The van der Waals surface area contributed by atoms with Gasteiger partial charge in [-0.25, -0.2) is 0 Å². The van der Waals surface area contributed by atoms with E-state index in [2.05, 4.69) is 5.32 Å². The Labute approximate surface area is 85.6 Å². The molecule has 0 spiro atoms. The van der Waals surface area contributed by atoms with Gasteiger partial charge in [-0.15, -0.1) is 0 Å². The summed E-state index contributed by atoms with van der Waals surface area (Å²) in [7, 11) is 0. The smallest absolute Gasteiger partial charge is 0.0897 e. The molecule has 1 unspecified atom stereocenters. The van der Waals surface area contributed by atoms with Crippen molar-refractivity contribution in [3.63, 3.8) is 0 Å². The van der Waals surface area contributed by atoms with E-state index >= 15 is 0 Å². The highest BCUT2D eigenvalue weighted by molar-refractivity contribution is 4.64. The van der Waals surface area contributed by atoms with E-state index in [1.807, 2.05) is 6.92 Å². The van der Waals surface area contributed by atoms with Crippen LogP contribution in [0.15, 0.2) is 0 Å². The van der Waals surface area contributed by atoms with E-state index in [9.17, 15) is 5.11 Å². The van der Waals surface area contributed by atoms with Gasteiger partial charge >= 0.3 is 0 Å². The van der Waals surface area contributed by atoms with Gasteiger partial charge in [0.15, 0.2) is 0 Å². The second-order valence-electron chi connectivity index (χ2n) is 3.61. The summed E-state index contributed by atoms with van der Waals surface area (Å²) in [6.07, 6.45) is 1.79. The quantitative estimate of drug-likeness (QED) is 0.645. The fourth-order valence-electron chi connectivity index (χ4n) is 1.46. The zero-order chi connectivity index (χ0) is 10.2.